The SMILES string of the molecule is Cc1ccc(S(=O)(=O)N2CCC(N3c4ccccc4CC3C)CC2)c([N+](=O)[O-])c1. The molecule has 0 amide bonds. The first-order chi connectivity index (χ1) is 13.8. The van der Waals surface area contributed by atoms with Gasteiger partial charge in [0.25, 0.3) is 5.69 Å². The maximum absolute atomic E-state index is 13.1. The smallest absolute Gasteiger partial charge is 0.289 e. The lowest BCUT2D eigenvalue weighted by atomic mass is 10.0. The first-order valence-corrected chi connectivity index (χ1v) is 11.3. The van der Waals surface area contributed by atoms with Crippen molar-refractivity contribution in [2.45, 2.75) is 50.1 Å². The van der Waals surface area contributed by atoms with Crippen molar-refractivity contribution in [3.63, 3.8) is 0 Å². The van der Waals surface area contributed by atoms with Crippen LogP contribution in [-0.2, 0) is 16.4 Å². The van der Waals surface area contributed by atoms with Gasteiger partial charge in [-0.05, 0) is 56.4 Å². The third-order valence-electron chi connectivity index (χ3n) is 6.01. The first kappa shape index (κ1) is 19.8. The van der Waals surface area contributed by atoms with Crippen molar-refractivity contribution in [3.8, 4) is 0 Å². The van der Waals surface area contributed by atoms with Gasteiger partial charge >= 0.3 is 0 Å². The zero-order valence-electron chi connectivity index (χ0n) is 16.6. The van der Waals surface area contributed by atoms with Gasteiger partial charge in [-0.1, -0.05) is 24.3 Å². The Bertz CT molecular complexity index is 1050. The van der Waals surface area contributed by atoms with E-state index in [0.29, 0.717) is 37.5 Å². The molecule has 154 valence electrons. The van der Waals surface area contributed by atoms with Gasteiger partial charge in [0.15, 0.2) is 4.90 Å². The molecule has 29 heavy (non-hydrogen) atoms. The highest BCUT2D eigenvalue weighted by Gasteiger charge is 2.38. The molecule has 1 atom stereocenters. The van der Waals surface area contributed by atoms with E-state index in [1.807, 2.05) is 6.07 Å². The number of rotatable bonds is 4. The topological polar surface area (TPSA) is 83.8 Å². The highest BCUT2D eigenvalue weighted by atomic mass is 32.2. The van der Waals surface area contributed by atoms with Crippen LogP contribution >= 0.6 is 0 Å². The van der Waals surface area contributed by atoms with Crippen molar-refractivity contribution in [1.29, 1.82) is 0 Å². The summed E-state index contributed by atoms with van der Waals surface area (Å²) in [5.41, 5.74) is 2.89. The Morgan fingerprint density at radius 2 is 1.79 bits per heavy atom. The Labute approximate surface area is 171 Å². The van der Waals surface area contributed by atoms with Crippen LogP contribution in [0, 0.1) is 17.0 Å². The van der Waals surface area contributed by atoms with Gasteiger partial charge in [0, 0.05) is 36.9 Å². The van der Waals surface area contributed by atoms with E-state index >= 15 is 0 Å². The summed E-state index contributed by atoms with van der Waals surface area (Å²) in [5.74, 6) is 0. The van der Waals surface area contributed by atoms with Gasteiger partial charge in [-0.25, -0.2) is 8.42 Å². The van der Waals surface area contributed by atoms with Crippen LogP contribution in [0.1, 0.15) is 30.9 Å². The van der Waals surface area contributed by atoms with Gasteiger partial charge in [-0.15, -0.1) is 0 Å². The Morgan fingerprint density at radius 3 is 2.48 bits per heavy atom. The summed E-state index contributed by atoms with van der Waals surface area (Å²) in [4.78, 5) is 13.0. The quantitative estimate of drug-likeness (QED) is 0.564. The van der Waals surface area contributed by atoms with Gasteiger partial charge < -0.3 is 4.90 Å². The van der Waals surface area contributed by atoms with Crippen LogP contribution in [0.3, 0.4) is 0 Å². The summed E-state index contributed by atoms with van der Waals surface area (Å²) < 4.78 is 27.6. The van der Waals surface area contributed by atoms with E-state index in [0.717, 1.165) is 6.42 Å². The summed E-state index contributed by atoms with van der Waals surface area (Å²) >= 11 is 0. The van der Waals surface area contributed by atoms with E-state index in [1.165, 1.54) is 27.7 Å². The van der Waals surface area contributed by atoms with Gasteiger partial charge in [0.1, 0.15) is 0 Å². The summed E-state index contributed by atoms with van der Waals surface area (Å²) in [6, 6.07) is 13.3. The molecular formula is C21H25N3O4S. The highest BCUT2D eigenvalue weighted by molar-refractivity contribution is 7.89. The third kappa shape index (κ3) is 3.51. The van der Waals surface area contributed by atoms with E-state index in [4.69, 9.17) is 0 Å². The van der Waals surface area contributed by atoms with Crippen LogP contribution in [0.5, 0.6) is 0 Å². The average molecular weight is 416 g/mol. The minimum absolute atomic E-state index is 0.216. The molecule has 0 saturated carbocycles. The number of anilines is 1. The number of piperidine rings is 1. The van der Waals surface area contributed by atoms with E-state index in [-0.39, 0.29) is 16.6 Å². The van der Waals surface area contributed by atoms with Crippen LogP contribution in [-0.4, -0.2) is 42.8 Å². The van der Waals surface area contributed by atoms with Gasteiger partial charge in [-0.2, -0.15) is 4.31 Å². The molecule has 2 heterocycles. The predicted octanol–water partition coefficient (Wildman–Crippen LogP) is 3.51. The number of fused-ring (bicyclic) bond motifs is 1. The van der Waals surface area contributed by atoms with Crippen molar-refractivity contribution < 1.29 is 13.3 Å². The number of hydrogen-bond acceptors (Lipinski definition) is 5. The third-order valence-corrected chi connectivity index (χ3v) is 7.95. The molecule has 2 aliphatic rings. The molecule has 2 aromatic carbocycles. The second-order valence-corrected chi connectivity index (χ2v) is 9.86. The molecule has 1 fully saturated rings. The lowest BCUT2D eigenvalue weighted by Gasteiger charge is -2.39. The molecule has 0 aromatic heterocycles. The standard InChI is InChI=1S/C21H25N3O4S/c1-15-7-8-21(20(13-15)24(25)26)29(27,28)22-11-9-18(10-12-22)23-16(2)14-17-5-3-4-6-19(17)23/h3-8,13,16,18H,9-12,14H2,1-2H3. The minimum atomic E-state index is -3.90. The molecular weight excluding hydrogens is 390 g/mol. The molecule has 0 spiro atoms. The molecule has 7 nitrogen and oxygen atoms in total. The van der Waals surface area contributed by atoms with Gasteiger partial charge in [0.2, 0.25) is 10.0 Å². The number of hydrogen-bond donors (Lipinski definition) is 0. The number of sulfonamides is 1. The van der Waals surface area contributed by atoms with Gasteiger partial charge in [0.05, 0.1) is 4.92 Å². The molecule has 0 bridgehead atoms. The van der Waals surface area contributed by atoms with Crippen molar-refractivity contribution in [2.24, 2.45) is 0 Å². The Hall–Kier alpha value is -2.45. The number of aryl methyl sites for hydroxylation is 1. The van der Waals surface area contributed by atoms with E-state index in [1.54, 1.807) is 13.0 Å². The fourth-order valence-electron chi connectivity index (χ4n) is 4.63. The number of para-hydroxylation sites is 1. The molecule has 4 rings (SSSR count). The Kier molecular flexibility index (Phi) is 5.08. The second-order valence-electron chi connectivity index (χ2n) is 7.95. The highest BCUT2D eigenvalue weighted by Crippen LogP contribution is 2.37. The molecule has 0 aliphatic carbocycles. The van der Waals surface area contributed by atoms with Crippen LogP contribution in [0.15, 0.2) is 47.4 Å². The summed E-state index contributed by atoms with van der Waals surface area (Å²) in [5, 5.41) is 11.4. The molecule has 1 saturated heterocycles. The largest absolute Gasteiger partial charge is 0.365 e. The minimum Gasteiger partial charge on any atom is -0.365 e. The average Bonchev–Trinajstić information content (AvgIpc) is 3.03. The fraction of sp³-hybridized carbons (Fsp3) is 0.429. The van der Waals surface area contributed by atoms with E-state index in [2.05, 4.69) is 30.0 Å². The van der Waals surface area contributed by atoms with Gasteiger partial charge in [-0.3, -0.25) is 10.1 Å². The Morgan fingerprint density at radius 1 is 1.10 bits per heavy atom. The summed E-state index contributed by atoms with van der Waals surface area (Å²) in [7, 11) is -3.90. The Balaban J connectivity index is 1.54. The number of nitrogens with zero attached hydrogens (tertiary/aromatic N) is 3. The van der Waals surface area contributed by atoms with Crippen LogP contribution in [0.25, 0.3) is 0 Å². The van der Waals surface area contributed by atoms with Crippen LogP contribution < -0.4 is 4.90 Å². The van der Waals surface area contributed by atoms with Crippen molar-refractivity contribution in [2.75, 3.05) is 18.0 Å². The predicted molar refractivity (Wildman–Crippen MR) is 112 cm³/mol. The number of nitro benzene ring substituents is 1. The summed E-state index contributed by atoms with van der Waals surface area (Å²) in [6.45, 7) is 4.65. The molecule has 1 unspecified atom stereocenters. The van der Waals surface area contributed by atoms with E-state index < -0.39 is 14.9 Å². The molecule has 2 aromatic rings. The zero-order chi connectivity index (χ0) is 20.8. The lowest BCUT2D eigenvalue weighted by Crippen LogP contribution is -2.48. The van der Waals surface area contributed by atoms with Crippen molar-refractivity contribution >= 4 is 21.4 Å². The molecule has 0 radical (unpaired) electrons. The monoisotopic (exact) mass is 415 g/mol. The van der Waals surface area contributed by atoms with Crippen LogP contribution in [0.2, 0.25) is 0 Å². The molecule has 8 heteroatoms. The molecule has 0 N–H and O–H groups in total. The summed E-state index contributed by atoms with van der Waals surface area (Å²) in [6.07, 6.45) is 2.42. The van der Waals surface area contributed by atoms with Crippen molar-refractivity contribution in [3.05, 3.63) is 63.7 Å². The second kappa shape index (κ2) is 7.42. The fourth-order valence-corrected chi connectivity index (χ4v) is 6.24. The normalized spacial score (nSPS) is 20.6. The maximum Gasteiger partial charge on any atom is 0.289 e. The number of benzene rings is 2. The maximum atomic E-state index is 13.1. The van der Waals surface area contributed by atoms with Crippen LogP contribution in [0.4, 0.5) is 11.4 Å². The van der Waals surface area contributed by atoms with Crippen molar-refractivity contribution in [1.82, 2.24) is 4.31 Å². The van der Waals surface area contributed by atoms with E-state index in [9.17, 15) is 18.5 Å². The first-order valence-electron chi connectivity index (χ1n) is 9.90. The number of nitro groups is 1. The molecule has 2 aliphatic heterocycles. The lowest BCUT2D eigenvalue weighted by molar-refractivity contribution is -0.387. The zero-order valence-corrected chi connectivity index (χ0v) is 17.4.